The molecule has 0 saturated heterocycles. The lowest BCUT2D eigenvalue weighted by atomic mass is 10.0. The lowest BCUT2D eigenvalue weighted by Crippen LogP contribution is -2.11. The molecule has 1 aromatic heterocycles. The molecular formula is C19H11F6N5. The predicted molar refractivity (Wildman–Crippen MR) is 93.5 cm³/mol. The molecule has 0 spiro atoms. The van der Waals surface area contributed by atoms with E-state index in [4.69, 9.17) is 0 Å². The van der Waals surface area contributed by atoms with Gasteiger partial charge in [0.15, 0.2) is 5.82 Å². The van der Waals surface area contributed by atoms with Gasteiger partial charge in [0.2, 0.25) is 0 Å². The number of alkyl halides is 6. The summed E-state index contributed by atoms with van der Waals surface area (Å²) in [6.45, 7) is 0. The SMILES string of the molecule is N#C/C(=C/n1cnc(-c2cc(C(F)(F)F)cc(C(F)(F)F)c2)n1)C1C2C=CN=CC21. The van der Waals surface area contributed by atoms with Crippen LogP contribution in [0.5, 0.6) is 0 Å². The Morgan fingerprint density at radius 1 is 1.03 bits per heavy atom. The summed E-state index contributed by atoms with van der Waals surface area (Å²) in [5, 5.41) is 13.4. The Kier molecular flexibility index (Phi) is 4.52. The summed E-state index contributed by atoms with van der Waals surface area (Å²) in [4.78, 5) is 7.83. The fraction of sp³-hybridized carbons (Fsp3) is 0.263. The van der Waals surface area contributed by atoms with Crippen LogP contribution in [-0.4, -0.2) is 21.0 Å². The molecule has 0 radical (unpaired) electrons. The zero-order valence-corrected chi connectivity index (χ0v) is 14.9. The number of fused-ring (bicyclic) bond motifs is 1. The van der Waals surface area contributed by atoms with E-state index in [2.05, 4.69) is 21.1 Å². The van der Waals surface area contributed by atoms with Gasteiger partial charge in [-0.25, -0.2) is 9.67 Å². The summed E-state index contributed by atoms with van der Waals surface area (Å²) in [5.41, 5.74) is -2.98. The van der Waals surface area contributed by atoms with Gasteiger partial charge in [0.1, 0.15) is 6.33 Å². The first-order chi connectivity index (χ1) is 14.1. The quantitative estimate of drug-likeness (QED) is 0.526. The van der Waals surface area contributed by atoms with Crippen LogP contribution in [0.3, 0.4) is 0 Å². The van der Waals surface area contributed by atoms with Crippen LogP contribution in [0.15, 0.2) is 47.4 Å². The van der Waals surface area contributed by atoms with Gasteiger partial charge in [-0.05, 0) is 24.1 Å². The minimum Gasteiger partial charge on any atom is -0.269 e. The van der Waals surface area contributed by atoms with Crippen LogP contribution in [0.4, 0.5) is 26.3 Å². The molecule has 3 unspecified atom stereocenters. The van der Waals surface area contributed by atoms with Crippen LogP contribution in [0.25, 0.3) is 17.6 Å². The van der Waals surface area contributed by atoms with Crippen LogP contribution < -0.4 is 0 Å². The summed E-state index contributed by atoms with van der Waals surface area (Å²) in [6, 6.07) is 3.21. The number of nitriles is 1. The Hall–Kier alpha value is -3.42. The van der Waals surface area contributed by atoms with Crippen molar-refractivity contribution in [2.24, 2.45) is 22.7 Å². The molecule has 0 bridgehead atoms. The molecule has 2 aromatic rings. The monoisotopic (exact) mass is 423 g/mol. The highest BCUT2D eigenvalue weighted by Gasteiger charge is 2.50. The molecule has 0 N–H and O–H groups in total. The molecule has 2 aliphatic rings. The van der Waals surface area contributed by atoms with Crippen molar-refractivity contribution in [3.63, 3.8) is 0 Å². The number of benzene rings is 1. The Morgan fingerprint density at radius 3 is 2.23 bits per heavy atom. The maximum absolute atomic E-state index is 13.0. The van der Waals surface area contributed by atoms with Crippen LogP contribution >= 0.6 is 0 Å². The predicted octanol–water partition coefficient (Wildman–Crippen LogP) is 4.81. The van der Waals surface area contributed by atoms with Crippen molar-refractivity contribution < 1.29 is 26.3 Å². The molecular weight excluding hydrogens is 412 g/mol. The number of aliphatic imine (C=N–C) groups is 1. The Labute approximate surface area is 165 Å². The van der Waals surface area contributed by atoms with E-state index in [0.717, 1.165) is 11.0 Å². The van der Waals surface area contributed by atoms with Crippen molar-refractivity contribution in [1.29, 1.82) is 5.26 Å². The van der Waals surface area contributed by atoms with E-state index in [1.165, 1.54) is 6.20 Å². The van der Waals surface area contributed by atoms with E-state index < -0.39 is 29.0 Å². The highest BCUT2D eigenvalue weighted by molar-refractivity contribution is 5.72. The Balaban J connectivity index is 1.68. The molecule has 1 aromatic carbocycles. The largest absolute Gasteiger partial charge is 0.416 e. The van der Waals surface area contributed by atoms with Crippen LogP contribution in [0.1, 0.15) is 11.1 Å². The van der Waals surface area contributed by atoms with Crippen molar-refractivity contribution in [2.45, 2.75) is 12.4 Å². The lowest BCUT2D eigenvalue weighted by Gasteiger charge is -2.13. The average Bonchev–Trinajstić information content (AvgIpc) is 3.22. The van der Waals surface area contributed by atoms with Crippen molar-refractivity contribution in [2.75, 3.05) is 0 Å². The number of hydrogen-bond acceptors (Lipinski definition) is 4. The zero-order valence-electron chi connectivity index (χ0n) is 14.9. The minimum absolute atomic E-state index is 0.0398. The number of hydrogen-bond donors (Lipinski definition) is 0. The molecule has 4 rings (SSSR count). The molecule has 0 amide bonds. The van der Waals surface area contributed by atoms with Gasteiger partial charge >= 0.3 is 12.4 Å². The van der Waals surface area contributed by atoms with Crippen LogP contribution in [0, 0.1) is 29.1 Å². The fourth-order valence-electron chi connectivity index (χ4n) is 3.40. The van der Waals surface area contributed by atoms with E-state index in [1.807, 2.05) is 6.08 Å². The van der Waals surface area contributed by atoms with Gasteiger partial charge in [-0.1, -0.05) is 6.08 Å². The van der Waals surface area contributed by atoms with Gasteiger partial charge in [-0.2, -0.15) is 31.6 Å². The van der Waals surface area contributed by atoms with Crippen molar-refractivity contribution in [3.8, 4) is 17.5 Å². The molecule has 3 atom stereocenters. The summed E-state index contributed by atoms with van der Waals surface area (Å²) in [7, 11) is 0. The third-order valence-corrected chi connectivity index (χ3v) is 4.90. The summed E-state index contributed by atoms with van der Waals surface area (Å²) < 4.78 is 79.4. The first kappa shape index (κ1) is 19.9. The molecule has 1 saturated carbocycles. The van der Waals surface area contributed by atoms with E-state index in [-0.39, 0.29) is 29.6 Å². The lowest BCUT2D eigenvalue weighted by molar-refractivity contribution is -0.143. The van der Waals surface area contributed by atoms with E-state index in [9.17, 15) is 31.6 Å². The molecule has 1 fully saturated rings. The van der Waals surface area contributed by atoms with E-state index in [1.54, 1.807) is 12.4 Å². The van der Waals surface area contributed by atoms with Crippen molar-refractivity contribution in [3.05, 3.63) is 53.5 Å². The Morgan fingerprint density at radius 2 is 1.70 bits per heavy atom. The topological polar surface area (TPSA) is 66.9 Å². The van der Waals surface area contributed by atoms with Gasteiger partial charge in [0, 0.05) is 36.0 Å². The fourth-order valence-corrected chi connectivity index (χ4v) is 3.40. The van der Waals surface area contributed by atoms with Gasteiger partial charge in [0.05, 0.1) is 22.8 Å². The minimum atomic E-state index is -4.97. The van der Waals surface area contributed by atoms with Crippen LogP contribution in [-0.2, 0) is 12.4 Å². The normalized spacial score (nSPS) is 23.2. The molecule has 1 aliphatic heterocycles. The second kappa shape index (κ2) is 6.83. The zero-order chi connectivity index (χ0) is 21.7. The van der Waals surface area contributed by atoms with Gasteiger partial charge in [-0.15, -0.1) is 5.10 Å². The average molecular weight is 423 g/mol. The Bertz CT molecular complexity index is 1070. The second-order valence-electron chi connectivity index (χ2n) is 6.86. The standard InChI is InChI=1S/C19H11F6N5/c20-18(21,22)12-3-10(4-13(5-12)19(23,24)25)17-28-9-30(29-17)8-11(6-26)16-14-1-2-27-7-15(14)16/h1-5,7-9,14-16H/b11-8-. The number of aromatic nitrogens is 3. The van der Waals surface area contributed by atoms with Crippen molar-refractivity contribution >= 4 is 12.4 Å². The molecule has 1 aliphatic carbocycles. The smallest absolute Gasteiger partial charge is 0.269 e. The molecule has 154 valence electrons. The first-order valence-electron chi connectivity index (χ1n) is 8.61. The first-order valence-corrected chi connectivity index (χ1v) is 8.61. The van der Waals surface area contributed by atoms with E-state index in [0.29, 0.717) is 17.7 Å². The summed E-state index contributed by atoms with van der Waals surface area (Å²) >= 11 is 0. The number of rotatable bonds is 3. The van der Waals surface area contributed by atoms with Gasteiger partial charge < -0.3 is 0 Å². The molecule has 5 nitrogen and oxygen atoms in total. The highest BCUT2D eigenvalue weighted by Crippen LogP contribution is 2.52. The second-order valence-corrected chi connectivity index (χ2v) is 6.86. The summed E-state index contributed by atoms with van der Waals surface area (Å²) in [6.07, 6.45) is -2.22. The molecule has 30 heavy (non-hydrogen) atoms. The number of allylic oxidation sites excluding steroid dienone is 2. The third-order valence-electron chi connectivity index (χ3n) is 4.90. The third kappa shape index (κ3) is 3.72. The molecule has 11 heteroatoms. The van der Waals surface area contributed by atoms with Gasteiger partial charge in [-0.3, -0.25) is 4.99 Å². The van der Waals surface area contributed by atoms with Crippen LogP contribution in [0.2, 0.25) is 0 Å². The highest BCUT2D eigenvalue weighted by atomic mass is 19.4. The maximum Gasteiger partial charge on any atom is 0.416 e. The molecule has 2 heterocycles. The van der Waals surface area contributed by atoms with Crippen molar-refractivity contribution in [1.82, 2.24) is 14.8 Å². The van der Waals surface area contributed by atoms with Gasteiger partial charge in [0.25, 0.3) is 0 Å². The number of halogens is 6. The summed E-state index contributed by atoms with van der Waals surface area (Å²) in [5.74, 6) is -0.207. The maximum atomic E-state index is 13.0. The van der Waals surface area contributed by atoms with E-state index >= 15 is 0 Å². The number of nitrogens with zero attached hydrogens (tertiary/aromatic N) is 5.